The Balaban J connectivity index is 0.0000000994. The Morgan fingerprint density at radius 1 is 0.142 bits per heavy atom. The van der Waals surface area contributed by atoms with Crippen LogP contribution < -0.4 is 0 Å². The lowest BCUT2D eigenvalue weighted by molar-refractivity contribution is 0.669. The molecule has 0 atom stereocenters. The van der Waals surface area contributed by atoms with Gasteiger partial charge >= 0.3 is 0 Å². The smallest absolute Gasteiger partial charge is 0.143 e. The number of furan rings is 4. The quantitative estimate of drug-likeness (QED) is 0.142. The first kappa shape index (κ1) is 74.1. The lowest BCUT2D eigenvalue weighted by Gasteiger charge is -2.07. The van der Waals surface area contributed by atoms with Crippen molar-refractivity contribution >= 4 is 195 Å². The minimum absolute atomic E-state index is 0.929. The van der Waals surface area contributed by atoms with Gasteiger partial charge in [0.15, 0.2) is 0 Å². The van der Waals surface area contributed by atoms with Crippen molar-refractivity contribution in [3.05, 3.63) is 430 Å². The summed E-state index contributed by atoms with van der Waals surface area (Å²) < 4.78 is 30.0. The summed E-state index contributed by atoms with van der Waals surface area (Å²) in [4.78, 5) is 0. The van der Waals surface area contributed by atoms with E-state index in [2.05, 4.69) is 452 Å². The van der Waals surface area contributed by atoms with Crippen molar-refractivity contribution in [2.45, 2.75) is 0 Å². The highest BCUT2D eigenvalue weighted by molar-refractivity contribution is 9.11. The van der Waals surface area contributed by atoms with Gasteiger partial charge in [-0.2, -0.15) is 0 Å². The number of para-hydroxylation sites is 5. The Bertz CT molecular complexity index is 8110. The fourth-order valence-electron chi connectivity index (χ4n) is 17.3. The third-order valence-corrected chi connectivity index (χ3v) is 25.0. The van der Waals surface area contributed by atoms with E-state index < -0.39 is 0 Å². The molecule has 0 N–H and O–H groups in total. The van der Waals surface area contributed by atoms with E-state index in [-0.39, 0.29) is 0 Å². The molecule has 0 saturated carbocycles. The van der Waals surface area contributed by atoms with Gasteiger partial charge in [0, 0.05) is 88.6 Å². The largest absolute Gasteiger partial charge is 0.455 e. The lowest BCUT2D eigenvalue weighted by Crippen LogP contribution is -1.82. The predicted molar refractivity (Wildman–Crippen MR) is 519 cm³/mol. The summed E-state index contributed by atoms with van der Waals surface area (Å²) in [6.45, 7) is 0. The molecule has 20 aromatic carbocycles. The number of hydrogen-bond acceptors (Lipinski definition) is 4. The van der Waals surface area contributed by atoms with E-state index in [1.807, 2.05) is 24.3 Å². The molecule has 0 fully saturated rings. The highest BCUT2D eigenvalue weighted by atomic mass is 79.9. The Morgan fingerprint density at radius 3 is 0.875 bits per heavy atom. The number of rotatable bonds is 8. The van der Waals surface area contributed by atoms with Gasteiger partial charge in [-0.3, -0.25) is 0 Å². The Hall–Kier alpha value is -13.4. The third-order valence-electron chi connectivity index (χ3n) is 22.9. The van der Waals surface area contributed by atoms with E-state index in [1.54, 1.807) is 0 Å². The molecular weight excluding hydrogens is 1730 g/mol. The number of halogens is 4. The zero-order valence-corrected chi connectivity index (χ0v) is 70.7. The van der Waals surface area contributed by atoms with Gasteiger partial charge in [0.2, 0.25) is 0 Å². The summed E-state index contributed by atoms with van der Waals surface area (Å²) in [6.07, 6.45) is 0. The SMILES string of the molecule is Brc1ccc(-c2cccc(-c3cccc4c3oc3c5ccccc5c5ccccc5c43)c2)cc1.Brc1ccc(-c2cccc(-c3cccc4c3oc3ccc5ccccc5c34)c2)cc1.Brc1cccc(-c2cccc(-c3cccc4c3oc3ccc5ccccc5c34)c2)c1.Brc1cccc(-c2cccc(-c3cccc4c3oc3ccccc34)c2)c1. The lowest BCUT2D eigenvalue weighted by atomic mass is 9.95. The Labute approximate surface area is 725 Å². The second-order valence-electron chi connectivity index (χ2n) is 30.1. The summed E-state index contributed by atoms with van der Waals surface area (Å²) >= 11 is 14.2. The van der Waals surface area contributed by atoms with Gasteiger partial charge in [-0.15, -0.1) is 0 Å². The van der Waals surface area contributed by atoms with Gasteiger partial charge in [-0.1, -0.05) is 385 Å². The molecule has 4 heterocycles. The van der Waals surface area contributed by atoms with E-state index >= 15 is 0 Å². The fourth-order valence-corrected chi connectivity index (χ4v) is 18.6. The molecular formula is C112H68Br4O4. The molecule has 0 spiro atoms. The highest BCUT2D eigenvalue weighted by Crippen LogP contribution is 2.47. The average molecular weight is 1800 g/mol. The van der Waals surface area contributed by atoms with Gasteiger partial charge in [0.05, 0.1) is 0 Å². The van der Waals surface area contributed by atoms with Crippen molar-refractivity contribution in [3.63, 3.8) is 0 Å². The predicted octanol–water partition coefficient (Wildman–Crippen LogP) is 35.3. The summed E-state index contributed by atoms with van der Waals surface area (Å²) in [5.41, 5.74) is 26.1. The Morgan fingerprint density at radius 2 is 0.433 bits per heavy atom. The molecule has 4 aromatic heterocycles. The van der Waals surface area contributed by atoms with Gasteiger partial charge < -0.3 is 17.7 Å². The van der Waals surface area contributed by atoms with Crippen LogP contribution in [0.15, 0.2) is 448 Å². The van der Waals surface area contributed by atoms with Crippen LogP contribution in [0.3, 0.4) is 0 Å². The number of benzene rings is 20. The van der Waals surface area contributed by atoms with E-state index in [4.69, 9.17) is 17.7 Å². The molecule has 8 heteroatoms. The molecule has 0 aliphatic heterocycles. The first-order valence-electron chi connectivity index (χ1n) is 39.9. The number of hydrogen-bond donors (Lipinski definition) is 0. The first-order chi connectivity index (χ1) is 59.1. The van der Waals surface area contributed by atoms with Crippen molar-refractivity contribution < 1.29 is 17.7 Å². The van der Waals surface area contributed by atoms with Gasteiger partial charge in [-0.05, 0) is 195 Å². The van der Waals surface area contributed by atoms with Crippen LogP contribution >= 0.6 is 63.7 Å². The zero-order chi connectivity index (χ0) is 80.3. The normalized spacial score (nSPS) is 11.5. The van der Waals surface area contributed by atoms with Crippen molar-refractivity contribution in [2.24, 2.45) is 0 Å². The molecule has 0 bridgehead atoms. The Kier molecular flexibility index (Phi) is 19.6. The molecule has 568 valence electrons. The van der Waals surface area contributed by atoms with E-state index in [9.17, 15) is 0 Å². The zero-order valence-electron chi connectivity index (χ0n) is 64.4. The molecule has 4 nitrogen and oxygen atoms in total. The average Bonchev–Trinajstić information content (AvgIpc) is 1.55. The molecule has 24 aromatic rings. The highest BCUT2D eigenvalue weighted by Gasteiger charge is 2.22. The van der Waals surface area contributed by atoms with Crippen molar-refractivity contribution in [2.75, 3.05) is 0 Å². The molecule has 0 unspecified atom stereocenters. The molecule has 0 saturated heterocycles. The van der Waals surface area contributed by atoms with Crippen LogP contribution in [0.2, 0.25) is 0 Å². The van der Waals surface area contributed by atoms with Crippen molar-refractivity contribution in [1.82, 2.24) is 0 Å². The topological polar surface area (TPSA) is 52.6 Å². The monoisotopic (exact) mass is 1790 g/mol. The van der Waals surface area contributed by atoms with E-state index in [1.165, 1.54) is 98.4 Å². The van der Waals surface area contributed by atoms with Gasteiger partial charge in [-0.25, -0.2) is 0 Å². The molecule has 120 heavy (non-hydrogen) atoms. The summed E-state index contributed by atoms with van der Waals surface area (Å²) in [6, 6.07) is 145. The van der Waals surface area contributed by atoms with Crippen LogP contribution in [0, 0.1) is 0 Å². The molecule has 0 aliphatic rings. The minimum atomic E-state index is 0.929. The van der Waals surface area contributed by atoms with E-state index in [0.29, 0.717) is 0 Å². The maximum absolute atomic E-state index is 6.71. The number of fused-ring (bicyclic) bond motifs is 21. The maximum atomic E-state index is 6.71. The molecule has 0 radical (unpaired) electrons. The first-order valence-corrected chi connectivity index (χ1v) is 43.1. The van der Waals surface area contributed by atoms with Crippen LogP contribution in [-0.4, -0.2) is 0 Å². The summed E-state index contributed by atoms with van der Waals surface area (Å²) in [5, 5.41) is 19.2. The van der Waals surface area contributed by atoms with Crippen LogP contribution in [0.25, 0.3) is 220 Å². The fraction of sp³-hybridized carbons (Fsp3) is 0. The standard InChI is InChI=1S/C32H19BrO.2C28H17BrO.C24H15BrO/c33-23-17-15-20(16-18-23)21-7-5-8-22(19-21)24-13-6-14-29-30-27-11-3-1-9-25(27)26-10-2-4-12-28(26)32(30)34-31(24)29;29-22-10-4-8-20(17-22)19-7-3-9-21(16-19)24-12-5-13-25-27-23-11-2-1-6-18(23)14-15-26(27)30-28(24)25;29-22-14-11-18(12-15-22)20-6-3-7-21(17-20)24-9-4-10-25-27-23-8-2-1-5-19(23)13-16-26(27)30-28(24)25;25-19-9-4-7-17(15-19)16-6-3-8-18(14-16)20-11-5-12-22-21-10-1-2-13-23(21)26-24(20)22/h1-19H;2*1-17H;1-15H. The van der Waals surface area contributed by atoms with Crippen LogP contribution in [0.4, 0.5) is 0 Å². The third kappa shape index (κ3) is 13.9. The van der Waals surface area contributed by atoms with Gasteiger partial charge in [0.25, 0.3) is 0 Å². The summed E-state index contributed by atoms with van der Waals surface area (Å²) in [7, 11) is 0. The summed E-state index contributed by atoms with van der Waals surface area (Å²) in [5.74, 6) is 0. The molecule has 24 rings (SSSR count). The van der Waals surface area contributed by atoms with Crippen LogP contribution in [0.5, 0.6) is 0 Å². The molecule has 0 amide bonds. The molecule has 0 aliphatic carbocycles. The minimum Gasteiger partial charge on any atom is -0.455 e. The van der Waals surface area contributed by atoms with Gasteiger partial charge in [0.1, 0.15) is 44.7 Å². The van der Waals surface area contributed by atoms with Crippen molar-refractivity contribution in [1.29, 1.82) is 0 Å². The maximum Gasteiger partial charge on any atom is 0.143 e. The van der Waals surface area contributed by atoms with Crippen molar-refractivity contribution in [3.8, 4) is 89.0 Å². The van der Waals surface area contributed by atoms with Crippen LogP contribution in [-0.2, 0) is 0 Å². The van der Waals surface area contributed by atoms with Crippen LogP contribution in [0.1, 0.15) is 0 Å². The second kappa shape index (κ2) is 31.8. The van der Waals surface area contributed by atoms with E-state index in [0.717, 1.165) is 139 Å². The second-order valence-corrected chi connectivity index (χ2v) is 33.8.